The van der Waals surface area contributed by atoms with Gasteiger partial charge >= 0.3 is 5.97 Å². The maximum absolute atomic E-state index is 12.2. The summed E-state index contributed by atoms with van der Waals surface area (Å²) < 4.78 is 2.75. The normalized spacial score (nSPS) is 20.4. The zero-order chi connectivity index (χ0) is 16.4. The number of hydrogen-bond acceptors (Lipinski definition) is 3. The average Bonchev–Trinajstić information content (AvgIpc) is 3.17. The standard InChI is InChI=1S/C16H16BrN3O3/c17-11-2-5-13(6-3-11)20-8-14(18-9-20)15(21)19-12-4-1-10(7-12)16(22)23/h2-3,5-6,8-10,12H,1,4,7H2,(H,19,21)(H,22,23)/t10-,12+/m1/s1. The molecule has 1 amide bonds. The lowest BCUT2D eigenvalue weighted by molar-refractivity contribution is -0.141. The summed E-state index contributed by atoms with van der Waals surface area (Å²) in [6.07, 6.45) is 5.04. The van der Waals surface area contributed by atoms with E-state index in [1.54, 1.807) is 17.1 Å². The van der Waals surface area contributed by atoms with Gasteiger partial charge in [0.15, 0.2) is 0 Å². The van der Waals surface area contributed by atoms with Crippen molar-refractivity contribution in [1.29, 1.82) is 0 Å². The number of carbonyl (C=O) groups excluding carboxylic acids is 1. The Morgan fingerprint density at radius 2 is 2.00 bits per heavy atom. The Morgan fingerprint density at radius 3 is 2.65 bits per heavy atom. The maximum atomic E-state index is 12.2. The lowest BCUT2D eigenvalue weighted by Gasteiger charge is -2.10. The SMILES string of the molecule is O=C(N[C@H]1CC[C@@H](C(=O)O)C1)c1cn(-c2ccc(Br)cc2)cn1. The minimum Gasteiger partial charge on any atom is -0.481 e. The Bertz CT molecular complexity index is 726. The fourth-order valence-corrected chi connectivity index (χ4v) is 3.06. The highest BCUT2D eigenvalue weighted by Crippen LogP contribution is 2.25. The second-order valence-corrected chi connectivity index (χ2v) is 6.58. The maximum Gasteiger partial charge on any atom is 0.306 e. The van der Waals surface area contributed by atoms with Crippen LogP contribution in [-0.4, -0.2) is 32.6 Å². The summed E-state index contributed by atoms with van der Waals surface area (Å²) >= 11 is 3.38. The monoisotopic (exact) mass is 377 g/mol. The van der Waals surface area contributed by atoms with Crippen LogP contribution in [0.15, 0.2) is 41.3 Å². The first-order chi connectivity index (χ1) is 11.0. The van der Waals surface area contributed by atoms with Crippen LogP contribution in [0.4, 0.5) is 0 Å². The van der Waals surface area contributed by atoms with E-state index in [0.29, 0.717) is 25.0 Å². The van der Waals surface area contributed by atoms with E-state index >= 15 is 0 Å². The molecule has 120 valence electrons. The van der Waals surface area contributed by atoms with Gasteiger partial charge in [-0.25, -0.2) is 4.98 Å². The predicted molar refractivity (Wildman–Crippen MR) is 87.5 cm³/mol. The van der Waals surface area contributed by atoms with Gasteiger partial charge in [-0.2, -0.15) is 0 Å². The van der Waals surface area contributed by atoms with Crippen LogP contribution in [0, 0.1) is 5.92 Å². The predicted octanol–water partition coefficient (Wildman–Crippen LogP) is 2.62. The van der Waals surface area contributed by atoms with Gasteiger partial charge in [0.05, 0.1) is 5.92 Å². The molecule has 23 heavy (non-hydrogen) atoms. The minimum atomic E-state index is -0.790. The number of hydrogen-bond donors (Lipinski definition) is 2. The third-order valence-electron chi connectivity index (χ3n) is 4.06. The zero-order valence-corrected chi connectivity index (χ0v) is 13.9. The van der Waals surface area contributed by atoms with Crippen LogP contribution in [0.5, 0.6) is 0 Å². The number of benzene rings is 1. The smallest absolute Gasteiger partial charge is 0.306 e. The molecular weight excluding hydrogens is 362 g/mol. The molecule has 1 aromatic carbocycles. The van der Waals surface area contributed by atoms with Crippen molar-refractivity contribution in [2.24, 2.45) is 5.92 Å². The van der Waals surface area contributed by atoms with Gasteiger partial charge in [-0.1, -0.05) is 15.9 Å². The summed E-state index contributed by atoms with van der Waals surface area (Å²) in [6.45, 7) is 0. The Kier molecular flexibility index (Phi) is 4.47. The molecule has 1 fully saturated rings. The summed E-state index contributed by atoms with van der Waals surface area (Å²) in [7, 11) is 0. The number of aromatic nitrogens is 2. The van der Waals surface area contributed by atoms with Crippen molar-refractivity contribution >= 4 is 27.8 Å². The van der Waals surface area contributed by atoms with E-state index in [9.17, 15) is 9.59 Å². The van der Waals surface area contributed by atoms with Crippen molar-refractivity contribution < 1.29 is 14.7 Å². The summed E-state index contributed by atoms with van der Waals surface area (Å²) in [5, 5.41) is 11.9. The molecule has 1 aliphatic carbocycles. The van der Waals surface area contributed by atoms with Crippen molar-refractivity contribution in [1.82, 2.24) is 14.9 Å². The number of halogens is 1. The third-order valence-corrected chi connectivity index (χ3v) is 4.59. The van der Waals surface area contributed by atoms with Crippen LogP contribution >= 0.6 is 15.9 Å². The van der Waals surface area contributed by atoms with Gasteiger partial charge in [0, 0.05) is 22.4 Å². The number of amides is 1. The van der Waals surface area contributed by atoms with Gasteiger partial charge in [-0.05, 0) is 43.5 Å². The van der Waals surface area contributed by atoms with E-state index in [2.05, 4.69) is 26.2 Å². The number of carbonyl (C=O) groups is 2. The van der Waals surface area contributed by atoms with Gasteiger partial charge in [0.2, 0.25) is 0 Å². The minimum absolute atomic E-state index is 0.0959. The van der Waals surface area contributed by atoms with Gasteiger partial charge < -0.3 is 15.0 Å². The molecule has 0 aliphatic heterocycles. The summed E-state index contributed by atoms with van der Waals surface area (Å²) in [4.78, 5) is 27.3. The second kappa shape index (κ2) is 6.54. The van der Waals surface area contributed by atoms with E-state index < -0.39 is 5.97 Å². The first kappa shape index (κ1) is 15.7. The molecule has 1 saturated carbocycles. The number of imidazole rings is 1. The van der Waals surface area contributed by atoms with Crippen LogP contribution in [-0.2, 0) is 4.79 Å². The lowest BCUT2D eigenvalue weighted by atomic mass is 10.1. The molecule has 1 aromatic heterocycles. The van der Waals surface area contributed by atoms with Gasteiger partial charge in [-0.3, -0.25) is 9.59 Å². The first-order valence-corrected chi connectivity index (χ1v) is 8.16. The van der Waals surface area contributed by atoms with Crippen molar-refractivity contribution in [2.45, 2.75) is 25.3 Å². The Hall–Kier alpha value is -2.15. The van der Waals surface area contributed by atoms with E-state index in [1.165, 1.54) is 0 Å². The number of carboxylic acids is 1. The van der Waals surface area contributed by atoms with Crippen LogP contribution < -0.4 is 5.32 Å². The third kappa shape index (κ3) is 3.61. The van der Waals surface area contributed by atoms with Crippen molar-refractivity contribution in [3.8, 4) is 5.69 Å². The molecule has 0 radical (unpaired) electrons. The molecule has 6 nitrogen and oxygen atoms in total. The summed E-state index contributed by atoms with van der Waals surface area (Å²) in [5.74, 6) is -1.42. The average molecular weight is 378 g/mol. The highest BCUT2D eigenvalue weighted by molar-refractivity contribution is 9.10. The Morgan fingerprint density at radius 1 is 1.26 bits per heavy atom. The topological polar surface area (TPSA) is 84.2 Å². The Labute approximate surface area is 141 Å². The van der Waals surface area contributed by atoms with Gasteiger partial charge in [0.1, 0.15) is 12.0 Å². The van der Waals surface area contributed by atoms with Crippen molar-refractivity contribution in [2.75, 3.05) is 0 Å². The molecule has 3 rings (SSSR count). The van der Waals surface area contributed by atoms with Crippen LogP contribution in [0.2, 0.25) is 0 Å². The van der Waals surface area contributed by atoms with Crippen LogP contribution in [0.25, 0.3) is 5.69 Å². The molecule has 2 aromatic rings. The molecule has 0 saturated heterocycles. The Balaban J connectivity index is 1.65. The van der Waals surface area contributed by atoms with E-state index in [-0.39, 0.29) is 17.9 Å². The molecule has 7 heteroatoms. The van der Waals surface area contributed by atoms with Crippen molar-refractivity contribution in [3.63, 3.8) is 0 Å². The molecule has 2 atom stereocenters. The molecule has 0 bridgehead atoms. The highest BCUT2D eigenvalue weighted by atomic mass is 79.9. The summed E-state index contributed by atoms with van der Waals surface area (Å²) in [6, 6.07) is 7.57. The number of aliphatic carboxylic acids is 1. The zero-order valence-electron chi connectivity index (χ0n) is 12.3. The fraction of sp³-hybridized carbons (Fsp3) is 0.312. The molecule has 2 N–H and O–H groups in total. The van der Waals surface area contributed by atoms with Gasteiger partial charge in [-0.15, -0.1) is 0 Å². The molecule has 0 spiro atoms. The lowest BCUT2D eigenvalue weighted by Crippen LogP contribution is -2.33. The number of rotatable bonds is 4. The van der Waals surface area contributed by atoms with E-state index in [4.69, 9.17) is 5.11 Å². The second-order valence-electron chi connectivity index (χ2n) is 5.66. The molecule has 1 heterocycles. The quantitative estimate of drug-likeness (QED) is 0.857. The van der Waals surface area contributed by atoms with Crippen LogP contribution in [0.1, 0.15) is 29.8 Å². The largest absolute Gasteiger partial charge is 0.481 e. The summed E-state index contributed by atoms with van der Waals surface area (Å²) in [5.41, 5.74) is 1.23. The van der Waals surface area contributed by atoms with Crippen molar-refractivity contribution in [3.05, 3.63) is 47.0 Å². The fourth-order valence-electron chi connectivity index (χ4n) is 2.79. The first-order valence-electron chi connectivity index (χ1n) is 7.36. The molecule has 0 unspecified atom stereocenters. The number of carboxylic acid groups (broad SMARTS) is 1. The van der Waals surface area contributed by atoms with E-state index in [0.717, 1.165) is 10.2 Å². The molecule has 1 aliphatic rings. The van der Waals surface area contributed by atoms with Crippen LogP contribution in [0.3, 0.4) is 0 Å². The molecular formula is C16H16BrN3O3. The van der Waals surface area contributed by atoms with E-state index in [1.807, 2.05) is 24.3 Å². The van der Waals surface area contributed by atoms with Gasteiger partial charge in [0.25, 0.3) is 5.91 Å². The number of nitrogens with one attached hydrogen (secondary N) is 1. The highest BCUT2D eigenvalue weighted by Gasteiger charge is 2.30. The number of nitrogens with zero attached hydrogens (tertiary/aromatic N) is 2.